The van der Waals surface area contributed by atoms with Crippen molar-refractivity contribution in [3.05, 3.63) is 38.9 Å². The van der Waals surface area contributed by atoms with Gasteiger partial charge in [0.25, 0.3) is 11.6 Å². The predicted octanol–water partition coefficient (Wildman–Crippen LogP) is 1.86. The number of hydrogen-bond acceptors (Lipinski definition) is 5. The number of non-ortho nitro benzene ring substituents is 1. The van der Waals surface area contributed by atoms with Crippen molar-refractivity contribution in [3.63, 3.8) is 0 Å². The molecule has 2 atom stereocenters. The van der Waals surface area contributed by atoms with Crippen LogP contribution in [0.1, 0.15) is 37.0 Å². The zero-order chi connectivity index (χ0) is 19.4. The Bertz CT molecular complexity index is 706. The smallest absolute Gasteiger partial charge is 0.270 e. The van der Waals surface area contributed by atoms with Crippen LogP contribution in [-0.2, 0) is 4.79 Å². The molecule has 2 amide bonds. The molecule has 1 fully saturated rings. The Labute approximate surface area is 156 Å². The van der Waals surface area contributed by atoms with E-state index in [1.54, 1.807) is 0 Å². The van der Waals surface area contributed by atoms with Crippen LogP contribution in [0.15, 0.2) is 18.2 Å². The number of carbonyl (C=O) groups is 2. The van der Waals surface area contributed by atoms with E-state index in [9.17, 15) is 19.7 Å². The Morgan fingerprint density at radius 2 is 2.04 bits per heavy atom. The summed E-state index contributed by atoms with van der Waals surface area (Å²) in [6.45, 7) is 3.98. The number of halogens is 1. The summed E-state index contributed by atoms with van der Waals surface area (Å²) < 4.78 is 0. The highest BCUT2D eigenvalue weighted by Crippen LogP contribution is 2.31. The number of nitrogens with one attached hydrogen (secondary N) is 2. The van der Waals surface area contributed by atoms with E-state index in [-0.39, 0.29) is 34.1 Å². The summed E-state index contributed by atoms with van der Waals surface area (Å²) in [5, 5.41) is 16.1. The van der Waals surface area contributed by atoms with Gasteiger partial charge in [-0.2, -0.15) is 0 Å². The standard InChI is InChI=1S/C17H23ClN4O4/c1-9(2)15(17(24)20-8-14(19)10-3-4-10)21-16(23)12-6-5-11(22(25)26)7-13(12)18/h5-7,9-10,14-15H,3-4,8,19H2,1-2H3,(H,20,24)(H,21,23). The molecule has 0 radical (unpaired) electrons. The maximum absolute atomic E-state index is 12.5. The first-order valence-electron chi connectivity index (χ1n) is 8.48. The van der Waals surface area contributed by atoms with Crippen LogP contribution in [0.4, 0.5) is 5.69 Å². The van der Waals surface area contributed by atoms with Gasteiger partial charge in [0.2, 0.25) is 5.91 Å². The largest absolute Gasteiger partial charge is 0.353 e. The maximum atomic E-state index is 12.5. The first-order chi connectivity index (χ1) is 12.2. The average Bonchev–Trinajstić information content (AvgIpc) is 3.41. The van der Waals surface area contributed by atoms with Gasteiger partial charge in [-0.15, -0.1) is 0 Å². The van der Waals surface area contributed by atoms with Crippen LogP contribution in [-0.4, -0.2) is 35.4 Å². The van der Waals surface area contributed by atoms with Crippen LogP contribution >= 0.6 is 11.6 Å². The molecule has 26 heavy (non-hydrogen) atoms. The summed E-state index contributed by atoms with van der Waals surface area (Å²) in [5.41, 5.74) is 5.84. The van der Waals surface area contributed by atoms with Gasteiger partial charge in [-0.3, -0.25) is 19.7 Å². The van der Waals surface area contributed by atoms with E-state index in [2.05, 4.69) is 10.6 Å². The second-order valence-electron chi connectivity index (χ2n) is 6.86. The molecule has 0 saturated heterocycles. The lowest BCUT2D eigenvalue weighted by molar-refractivity contribution is -0.384. The third-order valence-electron chi connectivity index (χ3n) is 4.38. The zero-order valence-corrected chi connectivity index (χ0v) is 15.5. The molecule has 1 aliphatic carbocycles. The van der Waals surface area contributed by atoms with Crippen molar-refractivity contribution in [1.29, 1.82) is 0 Å². The van der Waals surface area contributed by atoms with Gasteiger partial charge >= 0.3 is 0 Å². The van der Waals surface area contributed by atoms with Crippen molar-refractivity contribution in [1.82, 2.24) is 10.6 Å². The minimum Gasteiger partial charge on any atom is -0.353 e. The van der Waals surface area contributed by atoms with Crippen molar-refractivity contribution in [2.45, 2.75) is 38.8 Å². The lowest BCUT2D eigenvalue weighted by Gasteiger charge is -2.23. The molecule has 4 N–H and O–H groups in total. The topological polar surface area (TPSA) is 127 Å². The molecule has 1 aromatic carbocycles. The minimum absolute atomic E-state index is 0.0460. The summed E-state index contributed by atoms with van der Waals surface area (Å²) in [4.78, 5) is 35.0. The molecular weight excluding hydrogens is 360 g/mol. The highest BCUT2D eigenvalue weighted by Gasteiger charge is 2.30. The summed E-state index contributed by atoms with van der Waals surface area (Å²) in [6.07, 6.45) is 2.17. The maximum Gasteiger partial charge on any atom is 0.270 e. The number of nitro groups is 1. The number of hydrogen-bond donors (Lipinski definition) is 3. The second kappa shape index (κ2) is 8.46. The van der Waals surface area contributed by atoms with E-state index in [4.69, 9.17) is 17.3 Å². The quantitative estimate of drug-likeness (QED) is 0.467. The van der Waals surface area contributed by atoms with E-state index in [1.165, 1.54) is 12.1 Å². The Hall–Kier alpha value is -2.19. The Balaban J connectivity index is 2.02. The molecule has 0 spiro atoms. The molecule has 0 aliphatic heterocycles. The molecule has 2 rings (SSSR count). The molecular formula is C17H23ClN4O4. The van der Waals surface area contributed by atoms with E-state index < -0.39 is 16.9 Å². The van der Waals surface area contributed by atoms with Crippen LogP contribution in [0, 0.1) is 22.0 Å². The predicted molar refractivity (Wildman–Crippen MR) is 97.9 cm³/mol. The monoisotopic (exact) mass is 382 g/mol. The highest BCUT2D eigenvalue weighted by atomic mass is 35.5. The third kappa shape index (κ3) is 5.15. The number of carbonyl (C=O) groups excluding carboxylic acids is 2. The molecule has 2 unspecified atom stereocenters. The number of nitrogens with zero attached hydrogens (tertiary/aromatic N) is 1. The Morgan fingerprint density at radius 3 is 2.54 bits per heavy atom. The third-order valence-corrected chi connectivity index (χ3v) is 4.70. The molecule has 9 heteroatoms. The first-order valence-corrected chi connectivity index (χ1v) is 8.86. The fourth-order valence-electron chi connectivity index (χ4n) is 2.58. The molecule has 8 nitrogen and oxygen atoms in total. The Morgan fingerprint density at radius 1 is 1.38 bits per heavy atom. The normalized spacial score (nSPS) is 16.0. The van der Waals surface area contributed by atoms with Crippen LogP contribution < -0.4 is 16.4 Å². The van der Waals surface area contributed by atoms with Crippen molar-refractivity contribution in [2.75, 3.05) is 6.54 Å². The fraction of sp³-hybridized carbons (Fsp3) is 0.529. The highest BCUT2D eigenvalue weighted by molar-refractivity contribution is 6.34. The SMILES string of the molecule is CC(C)C(NC(=O)c1ccc([N+](=O)[O-])cc1Cl)C(=O)NCC(N)C1CC1. The molecule has 142 valence electrons. The lowest BCUT2D eigenvalue weighted by atomic mass is 10.0. The molecule has 0 bridgehead atoms. The minimum atomic E-state index is -0.764. The molecule has 0 aromatic heterocycles. The fourth-order valence-corrected chi connectivity index (χ4v) is 2.84. The van der Waals surface area contributed by atoms with Gasteiger partial charge < -0.3 is 16.4 Å². The van der Waals surface area contributed by atoms with Crippen molar-refractivity contribution in [2.24, 2.45) is 17.6 Å². The van der Waals surface area contributed by atoms with E-state index in [1.807, 2.05) is 13.8 Å². The Kier molecular flexibility index (Phi) is 6.55. The van der Waals surface area contributed by atoms with Gasteiger partial charge in [0, 0.05) is 24.7 Å². The average molecular weight is 383 g/mol. The van der Waals surface area contributed by atoms with Crippen LogP contribution in [0.5, 0.6) is 0 Å². The molecule has 0 heterocycles. The van der Waals surface area contributed by atoms with Crippen molar-refractivity contribution >= 4 is 29.1 Å². The number of nitrogens with two attached hydrogens (primary N) is 1. The number of nitro benzene ring substituents is 1. The number of benzene rings is 1. The first kappa shape index (κ1) is 20.1. The molecule has 1 aromatic rings. The van der Waals surface area contributed by atoms with Crippen molar-refractivity contribution < 1.29 is 14.5 Å². The van der Waals surface area contributed by atoms with E-state index in [0.29, 0.717) is 12.5 Å². The van der Waals surface area contributed by atoms with E-state index in [0.717, 1.165) is 18.9 Å². The summed E-state index contributed by atoms with van der Waals surface area (Å²) in [6, 6.07) is 2.73. The van der Waals surface area contributed by atoms with Crippen molar-refractivity contribution in [3.8, 4) is 0 Å². The van der Waals surface area contributed by atoms with Gasteiger partial charge in [-0.05, 0) is 30.7 Å². The van der Waals surface area contributed by atoms with Gasteiger partial charge in [0.1, 0.15) is 6.04 Å². The second-order valence-corrected chi connectivity index (χ2v) is 7.27. The summed E-state index contributed by atoms with van der Waals surface area (Å²) >= 11 is 5.97. The lowest BCUT2D eigenvalue weighted by Crippen LogP contribution is -2.52. The van der Waals surface area contributed by atoms with Gasteiger partial charge in [-0.1, -0.05) is 25.4 Å². The zero-order valence-electron chi connectivity index (χ0n) is 14.7. The van der Waals surface area contributed by atoms with Gasteiger partial charge in [-0.25, -0.2) is 0 Å². The number of rotatable bonds is 8. The van der Waals surface area contributed by atoms with E-state index >= 15 is 0 Å². The van der Waals surface area contributed by atoms with Crippen LogP contribution in [0.25, 0.3) is 0 Å². The molecule has 1 aliphatic rings. The van der Waals surface area contributed by atoms with Gasteiger partial charge in [0.15, 0.2) is 0 Å². The van der Waals surface area contributed by atoms with Gasteiger partial charge in [0.05, 0.1) is 15.5 Å². The summed E-state index contributed by atoms with van der Waals surface area (Å²) in [7, 11) is 0. The van der Waals surface area contributed by atoms with Crippen LogP contribution in [0.3, 0.4) is 0 Å². The van der Waals surface area contributed by atoms with Crippen LogP contribution in [0.2, 0.25) is 5.02 Å². The molecule has 1 saturated carbocycles. The summed E-state index contributed by atoms with van der Waals surface area (Å²) in [5.74, 6) is -0.582. The number of amides is 2.